The quantitative estimate of drug-likeness (QED) is 0.825. The van der Waals surface area contributed by atoms with Gasteiger partial charge >= 0.3 is 5.69 Å². The third-order valence-corrected chi connectivity index (χ3v) is 2.47. The Morgan fingerprint density at radius 1 is 1.47 bits per heavy atom. The molecule has 0 amide bonds. The lowest BCUT2D eigenvalue weighted by atomic mass is 10.3. The van der Waals surface area contributed by atoms with Crippen LogP contribution in [0.5, 0.6) is 0 Å². The third-order valence-electron chi connectivity index (χ3n) is 2.47. The molecule has 4 heteroatoms. The van der Waals surface area contributed by atoms with Crippen molar-refractivity contribution >= 4 is 11.0 Å². The highest BCUT2D eigenvalue weighted by Crippen LogP contribution is 2.12. The highest BCUT2D eigenvalue weighted by molar-refractivity contribution is 5.75. The van der Waals surface area contributed by atoms with Crippen LogP contribution in [0.1, 0.15) is 19.8 Å². The van der Waals surface area contributed by atoms with E-state index in [1.54, 1.807) is 10.6 Å². The molecule has 80 valence electrons. The van der Waals surface area contributed by atoms with Crippen LogP contribution in [-0.4, -0.2) is 9.55 Å². The van der Waals surface area contributed by atoms with E-state index in [1.165, 1.54) is 12.1 Å². The normalized spacial score (nSPS) is 11.1. The molecule has 0 saturated heterocycles. The second kappa shape index (κ2) is 3.88. The fourth-order valence-corrected chi connectivity index (χ4v) is 1.67. The van der Waals surface area contributed by atoms with Crippen LogP contribution in [0.2, 0.25) is 0 Å². The molecule has 0 saturated carbocycles. The molecule has 1 N–H and O–H groups in total. The van der Waals surface area contributed by atoms with Crippen LogP contribution in [0.15, 0.2) is 23.0 Å². The molecule has 0 radical (unpaired) electrons. The first-order valence-electron chi connectivity index (χ1n) is 5.10. The van der Waals surface area contributed by atoms with Crippen LogP contribution in [0, 0.1) is 5.82 Å². The summed E-state index contributed by atoms with van der Waals surface area (Å²) in [7, 11) is 0. The van der Waals surface area contributed by atoms with E-state index in [0.29, 0.717) is 12.1 Å². The van der Waals surface area contributed by atoms with Crippen LogP contribution in [0.3, 0.4) is 0 Å². The molecule has 3 nitrogen and oxygen atoms in total. The van der Waals surface area contributed by atoms with Gasteiger partial charge in [-0.1, -0.05) is 13.3 Å². The second-order valence-corrected chi connectivity index (χ2v) is 3.60. The molecule has 0 fully saturated rings. The van der Waals surface area contributed by atoms with E-state index in [1.807, 2.05) is 0 Å². The summed E-state index contributed by atoms with van der Waals surface area (Å²) < 4.78 is 14.5. The first-order chi connectivity index (χ1) is 7.22. The number of imidazole rings is 1. The third kappa shape index (κ3) is 1.79. The van der Waals surface area contributed by atoms with Crippen LogP contribution in [-0.2, 0) is 6.54 Å². The maximum Gasteiger partial charge on any atom is 0.326 e. The number of halogens is 1. The minimum Gasteiger partial charge on any atom is -0.305 e. The zero-order chi connectivity index (χ0) is 10.8. The van der Waals surface area contributed by atoms with Gasteiger partial charge in [-0.15, -0.1) is 0 Å². The van der Waals surface area contributed by atoms with E-state index in [4.69, 9.17) is 0 Å². The summed E-state index contributed by atoms with van der Waals surface area (Å²) in [6.45, 7) is 2.75. The Balaban J connectivity index is 2.53. The summed E-state index contributed by atoms with van der Waals surface area (Å²) in [5.74, 6) is -0.327. The molecule has 0 aliphatic heterocycles. The number of benzene rings is 1. The molecular formula is C11H13FN2O. The number of hydrogen-bond acceptors (Lipinski definition) is 1. The van der Waals surface area contributed by atoms with Crippen LogP contribution < -0.4 is 5.69 Å². The number of rotatable bonds is 3. The average molecular weight is 208 g/mol. The number of nitrogens with zero attached hydrogens (tertiary/aromatic N) is 1. The van der Waals surface area contributed by atoms with Gasteiger partial charge in [-0.05, 0) is 24.6 Å². The molecule has 2 aromatic rings. The van der Waals surface area contributed by atoms with Crippen molar-refractivity contribution in [2.75, 3.05) is 0 Å². The number of hydrogen-bond donors (Lipinski definition) is 1. The molecule has 15 heavy (non-hydrogen) atoms. The Labute approximate surface area is 86.5 Å². The monoisotopic (exact) mass is 208 g/mol. The Bertz CT molecular complexity index is 527. The molecule has 0 aliphatic rings. The van der Waals surface area contributed by atoms with Gasteiger partial charge in [-0.3, -0.25) is 4.57 Å². The highest BCUT2D eigenvalue weighted by atomic mass is 19.1. The fraction of sp³-hybridized carbons (Fsp3) is 0.364. The first kappa shape index (κ1) is 9.96. The van der Waals surface area contributed by atoms with Gasteiger partial charge in [-0.25, -0.2) is 9.18 Å². The van der Waals surface area contributed by atoms with E-state index < -0.39 is 0 Å². The predicted octanol–water partition coefficient (Wildman–Crippen LogP) is 2.27. The second-order valence-electron chi connectivity index (χ2n) is 3.60. The van der Waals surface area contributed by atoms with Crippen molar-refractivity contribution in [2.45, 2.75) is 26.3 Å². The molecule has 1 aromatic carbocycles. The van der Waals surface area contributed by atoms with Crippen molar-refractivity contribution in [2.24, 2.45) is 0 Å². The van der Waals surface area contributed by atoms with Crippen molar-refractivity contribution in [1.29, 1.82) is 0 Å². The summed E-state index contributed by atoms with van der Waals surface area (Å²) in [6.07, 6.45) is 1.98. The fourth-order valence-electron chi connectivity index (χ4n) is 1.67. The largest absolute Gasteiger partial charge is 0.326 e. The standard InChI is InChI=1S/C11H13FN2O/c1-2-3-6-14-10-5-4-8(12)7-9(10)13-11(14)15/h4-5,7H,2-3,6H2,1H3,(H,13,15). The van der Waals surface area contributed by atoms with E-state index in [2.05, 4.69) is 11.9 Å². The molecular weight excluding hydrogens is 195 g/mol. The van der Waals surface area contributed by atoms with Crippen molar-refractivity contribution in [3.05, 3.63) is 34.5 Å². The van der Waals surface area contributed by atoms with Gasteiger partial charge < -0.3 is 4.98 Å². The molecule has 2 rings (SSSR count). The first-order valence-corrected chi connectivity index (χ1v) is 5.10. The molecule has 0 unspecified atom stereocenters. The Morgan fingerprint density at radius 2 is 2.27 bits per heavy atom. The SMILES string of the molecule is CCCCn1c(=O)[nH]c2cc(F)ccc21. The van der Waals surface area contributed by atoms with Crippen molar-refractivity contribution < 1.29 is 4.39 Å². The van der Waals surface area contributed by atoms with Crippen molar-refractivity contribution in [3.63, 3.8) is 0 Å². The van der Waals surface area contributed by atoms with Gasteiger partial charge in [0.25, 0.3) is 0 Å². The van der Waals surface area contributed by atoms with Crippen LogP contribution >= 0.6 is 0 Å². The molecule has 1 aromatic heterocycles. The average Bonchev–Trinajstić information content (AvgIpc) is 2.50. The number of aromatic nitrogens is 2. The molecule has 0 spiro atoms. The zero-order valence-corrected chi connectivity index (χ0v) is 8.59. The molecule has 1 heterocycles. The van der Waals surface area contributed by atoms with Gasteiger partial charge in [0.05, 0.1) is 11.0 Å². The van der Waals surface area contributed by atoms with E-state index in [0.717, 1.165) is 18.4 Å². The topological polar surface area (TPSA) is 37.8 Å². The Morgan fingerprint density at radius 3 is 3.00 bits per heavy atom. The summed E-state index contributed by atoms with van der Waals surface area (Å²) in [5.41, 5.74) is 1.18. The van der Waals surface area contributed by atoms with Gasteiger partial charge in [0.2, 0.25) is 0 Å². The molecule has 0 bridgehead atoms. The van der Waals surface area contributed by atoms with Crippen molar-refractivity contribution in [3.8, 4) is 0 Å². The number of fused-ring (bicyclic) bond motifs is 1. The number of nitrogens with one attached hydrogen (secondary N) is 1. The Hall–Kier alpha value is -1.58. The Kier molecular flexibility index (Phi) is 2.58. The van der Waals surface area contributed by atoms with Crippen LogP contribution in [0.4, 0.5) is 4.39 Å². The van der Waals surface area contributed by atoms with Gasteiger partial charge in [0.15, 0.2) is 0 Å². The summed E-state index contributed by atoms with van der Waals surface area (Å²) >= 11 is 0. The smallest absolute Gasteiger partial charge is 0.305 e. The maximum absolute atomic E-state index is 12.9. The minimum atomic E-state index is -0.327. The summed E-state index contributed by atoms with van der Waals surface area (Å²) in [4.78, 5) is 14.2. The van der Waals surface area contributed by atoms with E-state index in [9.17, 15) is 9.18 Å². The van der Waals surface area contributed by atoms with Crippen LogP contribution in [0.25, 0.3) is 11.0 Å². The minimum absolute atomic E-state index is 0.163. The summed E-state index contributed by atoms with van der Waals surface area (Å²) in [5, 5.41) is 0. The number of aromatic amines is 1. The maximum atomic E-state index is 12.9. The van der Waals surface area contributed by atoms with E-state index >= 15 is 0 Å². The number of H-pyrrole nitrogens is 1. The lowest BCUT2D eigenvalue weighted by Crippen LogP contribution is -2.16. The number of aryl methyl sites for hydroxylation is 1. The van der Waals surface area contributed by atoms with Gasteiger partial charge in [0, 0.05) is 6.54 Å². The lowest BCUT2D eigenvalue weighted by Gasteiger charge is -2.00. The van der Waals surface area contributed by atoms with E-state index in [-0.39, 0.29) is 11.5 Å². The van der Waals surface area contributed by atoms with Crippen molar-refractivity contribution in [1.82, 2.24) is 9.55 Å². The summed E-state index contributed by atoms with van der Waals surface area (Å²) in [6, 6.07) is 4.36. The highest BCUT2D eigenvalue weighted by Gasteiger charge is 2.06. The number of unbranched alkanes of at least 4 members (excludes halogenated alkanes) is 1. The molecule has 0 aliphatic carbocycles. The predicted molar refractivity (Wildman–Crippen MR) is 57.4 cm³/mol. The molecule has 0 atom stereocenters. The van der Waals surface area contributed by atoms with Gasteiger partial charge in [0.1, 0.15) is 5.82 Å². The lowest BCUT2D eigenvalue weighted by molar-refractivity contribution is 0.625. The van der Waals surface area contributed by atoms with Gasteiger partial charge in [-0.2, -0.15) is 0 Å². The zero-order valence-electron chi connectivity index (χ0n) is 8.59.